The maximum atomic E-state index is 13.6. The van der Waals surface area contributed by atoms with Gasteiger partial charge in [0, 0.05) is 24.0 Å². The molecule has 36 heavy (non-hydrogen) atoms. The number of rotatable bonds is 7. The third-order valence-electron chi connectivity index (χ3n) is 6.51. The lowest BCUT2D eigenvalue weighted by atomic mass is 10.0. The number of nitrogens with zero attached hydrogens (tertiary/aromatic N) is 2. The predicted molar refractivity (Wildman–Crippen MR) is 131 cm³/mol. The molecule has 2 amide bonds. The number of ketones is 1. The Morgan fingerprint density at radius 2 is 1.86 bits per heavy atom. The van der Waals surface area contributed by atoms with Gasteiger partial charge in [0.05, 0.1) is 12.6 Å². The molecule has 1 aromatic carbocycles. The van der Waals surface area contributed by atoms with Crippen molar-refractivity contribution in [3.8, 4) is 0 Å². The third kappa shape index (κ3) is 4.78. The molecular weight excluding hydrogens is 486 g/mol. The Kier molecular flexibility index (Phi) is 7.01. The maximum Gasteiger partial charge on any atom is 0.268 e. The van der Waals surface area contributed by atoms with Gasteiger partial charge < -0.3 is 20.9 Å². The highest BCUT2D eigenvalue weighted by Crippen LogP contribution is 2.34. The second kappa shape index (κ2) is 9.86. The number of pyridine rings is 1. The van der Waals surface area contributed by atoms with E-state index in [0.29, 0.717) is 17.7 Å². The molecule has 2 aromatic rings. The van der Waals surface area contributed by atoms with Crippen LogP contribution >= 0.6 is 0 Å². The van der Waals surface area contributed by atoms with E-state index in [1.807, 2.05) is 13.8 Å². The molecule has 0 radical (unpaired) electrons. The van der Waals surface area contributed by atoms with E-state index in [1.165, 1.54) is 23.2 Å². The van der Waals surface area contributed by atoms with Crippen molar-refractivity contribution in [2.24, 2.45) is 5.92 Å². The van der Waals surface area contributed by atoms with E-state index in [-0.39, 0.29) is 18.9 Å². The van der Waals surface area contributed by atoms with Crippen molar-refractivity contribution in [1.82, 2.24) is 19.5 Å². The number of aromatic nitrogens is 1. The highest BCUT2D eigenvalue weighted by atomic mass is 32.2. The number of aromatic amines is 1. The number of fused-ring (bicyclic) bond motifs is 1. The minimum atomic E-state index is -4.25. The summed E-state index contributed by atoms with van der Waals surface area (Å²) >= 11 is 0. The van der Waals surface area contributed by atoms with Crippen LogP contribution in [0.5, 0.6) is 0 Å². The van der Waals surface area contributed by atoms with Gasteiger partial charge in [-0.2, -0.15) is 4.31 Å². The second-order valence-electron chi connectivity index (χ2n) is 9.49. The molecule has 11 nitrogen and oxygen atoms in total. The molecule has 0 bridgehead atoms. The number of nitrogens with one attached hydrogen (secondary N) is 2. The number of nitrogens with two attached hydrogens (primary N) is 1. The number of benzene rings is 1. The SMILES string of the molecule is CC(C)CC(NC(=O)c1ccc(N)cc1)C(=O)N1CCC2C1C(=O)CN2S(=O)(=O)c1ccc[nH]c1=O. The predicted octanol–water partition coefficient (Wildman–Crippen LogP) is 0.345. The van der Waals surface area contributed by atoms with E-state index in [9.17, 15) is 27.6 Å². The van der Waals surface area contributed by atoms with Gasteiger partial charge in [0.15, 0.2) is 5.78 Å². The molecule has 12 heteroatoms. The molecule has 3 unspecified atom stereocenters. The summed E-state index contributed by atoms with van der Waals surface area (Å²) in [5.41, 5.74) is 5.75. The van der Waals surface area contributed by atoms with E-state index < -0.39 is 62.7 Å². The van der Waals surface area contributed by atoms with Crippen molar-refractivity contribution < 1.29 is 22.8 Å². The van der Waals surface area contributed by atoms with Gasteiger partial charge in [-0.05, 0) is 55.2 Å². The fraction of sp³-hybridized carbons (Fsp3) is 0.417. The standard InChI is InChI=1S/C24H29N5O6S/c1-14(2)12-17(27-22(31)15-5-7-16(25)8-6-15)24(33)28-11-9-18-21(28)19(30)13-29(18)36(34,35)20-4-3-10-26-23(20)32/h3-8,10,14,17-18,21H,9,11-13,25H2,1-2H3,(H,26,32)(H,27,31). The normalized spacial score (nSPS) is 21.0. The largest absolute Gasteiger partial charge is 0.399 e. The molecule has 1 aromatic heterocycles. The summed E-state index contributed by atoms with van der Waals surface area (Å²) in [5, 5.41) is 2.77. The highest BCUT2D eigenvalue weighted by Gasteiger charge is 2.54. The quantitative estimate of drug-likeness (QED) is 0.448. The number of sulfonamides is 1. The first-order chi connectivity index (χ1) is 17.0. The van der Waals surface area contributed by atoms with Crippen LogP contribution in [0.4, 0.5) is 5.69 Å². The zero-order chi connectivity index (χ0) is 26.2. The lowest BCUT2D eigenvalue weighted by Crippen LogP contribution is -2.53. The van der Waals surface area contributed by atoms with Crippen LogP contribution in [0.15, 0.2) is 52.3 Å². The molecular formula is C24H29N5O6S. The summed E-state index contributed by atoms with van der Waals surface area (Å²) in [6.07, 6.45) is 1.90. The average molecular weight is 516 g/mol. The molecule has 0 spiro atoms. The van der Waals surface area contributed by atoms with Crippen LogP contribution < -0.4 is 16.6 Å². The summed E-state index contributed by atoms with van der Waals surface area (Å²) in [6, 6.07) is 6.22. The Morgan fingerprint density at radius 3 is 2.50 bits per heavy atom. The Morgan fingerprint density at radius 1 is 1.17 bits per heavy atom. The molecule has 2 aliphatic heterocycles. The Balaban J connectivity index is 1.56. The number of carbonyl (C=O) groups is 3. The summed E-state index contributed by atoms with van der Waals surface area (Å²) in [6.45, 7) is 3.55. The zero-order valence-corrected chi connectivity index (χ0v) is 20.8. The van der Waals surface area contributed by atoms with Gasteiger partial charge in [-0.3, -0.25) is 19.2 Å². The summed E-state index contributed by atoms with van der Waals surface area (Å²) in [5.74, 6) is -1.25. The van der Waals surface area contributed by atoms with Crippen molar-refractivity contribution in [2.45, 2.75) is 49.7 Å². The van der Waals surface area contributed by atoms with Crippen LogP contribution in [-0.2, 0) is 19.6 Å². The Hall–Kier alpha value is -3.51. The lowest BCUT2D eigenvalue weighted by Gasteiger charge is -2.29. The van der Waals surface area contributed by atoms with E-state index in [1.54, 1.807) is 24.3 Å². The number of anilines is 1. The van der Waals surface area contributed by atoms with Crippen LogP contribution in [0.25, 0.3) is 0 Å². The number of nitrogen functional groups attached to an aromatic ring is 1. The van der Waals surface area contributed by atoms with Crippen molar-refractivity contribution in [1.29, 1.82) is 0 Å². The van der Waals surface area contributed by atoms with Crippen molar-refractivity contribution in [3.05, 3.63) is 58.5 Å². The fourth-order valence-corrected chi connectivity index (χ4v) is 6.52. The van der Waals surface area contributed by atoms with Crippen molar-refractivity contribution in [3.63, 3.8) is 0 Å². The fourth-order valence-electron chi connectivity index (χ4n) is 4.85. The average Bonchev–Trinajstić information content (AvgIpc) is 3.40. The van der Waals surface area contributed by atoms with Gasteiger partial charge in [0.25, 0.3) is 11.5 Å². The lowest BCUT2D eigenvalue weighted by molar-refractivity contribution is -0.138. The number of carbonyl (C=O) groups excluding carboxylic acids is 3. The first kappa shape index (κ1) is 25.6. The number of amides is 2. The van der Waals surface area contributed by atoms with Gasteiger partial charge in [-0.25, -0.2) is 8.42 Å². The summed E-state index contributed by atoms with van der Waals surface area (Å²) in [4.78, 5) is 54.8. The van der Waals surface area contributed by atoms with E-state index >= 15 is 0 Å². The van der Waals surface area contributed by atoms with Gasteiger partial charge in [0.2, 0.25) is 15.9 Å². The van der Waals surface area contributed by atoms with E-state index in [0.717, 1.165) is 4.31 Å². The summed E-state index contributed by atoms with van der Waals surface area (Å²) < 4.78 is 27.4. The minimum absolute atomic E-state index is 0.0602. The van der Waals surface area contributed by atoms with E-state index in [4.69, 9.17) is 5.73 Å². The summed E-state index contributed by atoms with van der Waals surface area (Å²) in [7, 11) is -4.25. The van der Waals surface area contributed by atoms with E-state index in [2.05, 4.69) is 10.3 Å². The van der Waals surface area contributed by atoms with Gasteiger partial charge >= 0.3 is 0 Å². The first-order valence-electron chi connectivity index (χ1n) is 11.7. The Labute approximate surface area is 208 Å². The number of H-pyrrole nitrogens is 1. The second-order valence-corrected chi connectivity index (χ2v) is 11.3. The van der Waals surface area contributed by atoms with Crippen LogP contribution in [0.1, 0.15) is 37.0 Å². The maximum absolute atomic E-state index is 13.6. The number of hydrogen-bond acceptors (Lipinski definition) is 7. The Bertz CT molecular complexity index is 1340. The molecule has 192 valence electrons. The topological polar surface area (TPSA) is 163 Å². The molecule has 4 rings (SSSR count). The number of likely N-dealkylation sites (tertiary alicyclic amines) is 1. The molecule has 2 aliphatic rings. The smallest absolute Gasteiger partial charge is 0.268 e. The van der Waals surface area contributed by atoms with Crippen molar-refractivity contribution in [2.75, 3.05) is 18.8 Å². The molecule has 2 fully saturated rings. The third-order valence-corrected chi connectivity index (χ3v) is 8.41. The molecule has 3 heterocycles. The van der Waals surface area contributed by atoms with Gasteiger partial charge in [-0.1, -0.05) is 13.8 Å². The highest BCUT2D eigenvalue weighted by molar-refractivity contribution is 7.89. The molecule has 0 aliphatic carbocycles. The van der Waals surface area contributed by atoms with Crippen LogP contribution in [0.2, 0.25) is 0 Å². The first-order valence-corrected chi connectivity index (χ1v) is 13.1. The van der Waals surface area contributed by atoms with Gasteiger partial charge in [-0.15, -0.1) is 0 Å². The molecule has 2 saturated heterocycles. The minimum Gasteiger partial charge on any atom is -0.399 e. The van der Waals surface area contributed by atoms with Crippen molar-refractivity contribution >= 4 is 33.3 Å². The van der Waals surface area contributed by atoms with Crippen LogP contribution in [0.3, 0.4) is 0 Å². The number of Topliss-reactive ketones (excluding diaryl/α,β-unsaturated/α-hetero) is 1. The number of hydrogen-bond donors (Lipinski definition) is 3. The van der Waals surface area contributed by atoms with Crippen LogP contribution in [0, 0.1) is 5.92 Å². The zero-order valence-electron chi connectivity index (χ0n) is 20.0. The molecule has 4 N–H and O–H groups in total. The monoisotopic (exact) mass is 515 g/mol. The van der Waals surface area contributed by atoms with Crippen LogP contribution in [-0.4, -0.2) is 71.4 Å². The van der Waals surface area contributed by atoms with Gasteiger partial charge in [0.1, 0.15) is 17.0 Å². The molecule has 3 atom stereocenters. The molecule has 0 saturated carbocycles.